The molecule has 4 heteroatoms. The van der Waals surface area contributed by atoms with Crippen LogP contribution in [0.2, 0.25) is 0 Å². The molecule has 0 amide bonds. The van der Waals surface area contributed by atoms with Gasteiger partial charge in [-0.05, 0) is 43.5 Å². The quantitative estimate of drug-likeness (QED) is 0.281. The number of ether oxygens (including phenoxy) is 1. The predicted molar refractivity (Wildman–Crippen MR) is 92.4 cm³/mol. The van der Waals surface area contributed by atoms with Crippen LogP contribution in [0.1, 0.15) is 64.4 Å². The topological polar surface area (TPSA) is 66.8 Å². The van der Waals surface area contributed by atoms with E-state index in [1.807, 2.05) is 6.92 Å². The summed E-state index contributed by atoms with van der Waals surface area (Å²) in [4.78, 5) is 11.7. The van der Waals surface area contributed by atoms with Crippen LogP contribution in [-0.4, -0.2) is 22.3 Å². The number of benzene rings is 1. The molecule has 1 atom stereocenters. The maximum absolute atomic E-state index is 11.7. The maximum atomic E-state index is 11.7. The largest absolute Gasteiger partial charge is 0.504 e. The molecule has 1 aromatic carbocycles. The van der Waals surface area contributed by atoms with Crippen LogP contribution in [0.5, 0.6) is 11.5 Å². The summed E-state index contributed by atoms with van der Waals surface area (Å²) in [5, 5.41) is 18.6. The van der Waals surface area contributed by atoms with E-state index in [4.69, 9.17) is 4.74 Å². The molecule has 0 aromatic heterocycles. The second kappa shape index (κ2) is 10.7. The Balaban J connectivity index is 2.26. The number of phenolic OH excluding ortho intramolecular Hbond substituents is 2. The zero-order chi connectivity index (χ0) is 17.1. The van der Waals surface area contributed by atoms with Crippen molar-refractivity contribution in [3.05, 3.63) is 29.8 Å². The van der Waals surface area contributed by atoms with Crippen LogP contribution in [-0.2, 0) is 9.53 Å². The first kappa shape index (κ1) is 19.1. The van der Waals surface area contributed by atoms with Crippen molar-refractivity contribution in [2.75, 3.05) is 0 Å². The van der Waals surface area contributed by atoms with Gasteiger partial charge in [0.25, 0.3) is 0 Å². The smallest absolute Gasteiger partial charge is 0.331 e. The van der Waals surface area contributed by atoms with Gasteiger partial charge < -0.3 is 14.9 Å². The molecule has 0 aliphatic carbocycles. The Morgan fingerprint density at radius 1 is 1.13 bits per heavy atom. The highest BCUT2D eigenvalue weighted by molar-refractivity contribution is 5.87. The molecule has 0 saturated heterocycles. The van der Waals surface area contributed by atoms with Gasteiger partial charge in [0, 0.05) is 6.08 Å². The number of unbranched alkanes of at least 4 members (excludes halogenated alkanes) is 5. The Labute approximate surface area is 138 Å². The molecule has 0 aliphatic heterocycles. The summed E-state index contributed by atoms with van der Waals surface area (Å²) in [5.74, 6) is -0.787. The number of aromatic hydroxyl groups is 2. The minimum Gasteiger partial charge on any atom is -0.504 e. The van der Waals surface area contributed by atoms with Crippen LogP contribution in [0.25, 0.3) is 6.08 Å². The molecule has 4 nitrogen and oxygen atoms in total. The van der Waals surface area contributed by atoms with Gasteiger partial charge in [-0.1, -0.05) is 45.1 Å². The fourth-order valence-electron chi connectivity index (χ4n) is 2.32. The van der Waals surface area contributed by atoms with Crippen LogP contribution in [0, 0.1) is 0 Å². The molecule has 2 N–H and O–H groups in total. The Morgan fingerprint density at radius 3 is 2.52 bits per heavy atom. The van der Waals surface area contributed by atoms with Crippen LogP contribution >= 0.6 is 0 Å². The van der Waals surface area contributed by atoms with Gasteiger partial charge in [-0.25, -0.2) is 4.79 Å². The van der Waals surface area contributed by atoms with Crippen LogP contribution in [0.15, 0.2) is 24.3 Å². The first-order valence-electron chi connectivity index (χ1n) is 8.43. The highest BCUT2D eigenvalue weighted by Gasteiger charge is 2.06. The van der Waals surface area contributed by atoms with E-state index < -0.39 is 5.97 Å². The number of carbonyl (C=O) groups is 1. The van der Waals surface area contributed by atoms with Gasteiger partial charge in [0.1, 0.15) is 0 Å². The average Bonchev–Trinajstić information content (AvgIpc) is 2.52. The summed E-state index contributed by atoms with van der Waals surface area (Å²) in [7, 11) is 0. The first-order chi connectivity index (χ1) is 11.0. The number of hydrogen-bond donors (Lipinski definition) is 2. The van der Waals surface area contributed by atoms with Crippen molar-refractivity contribution in [3.8, 4) is 11.5 Å². The molecule has 0 spiro atoms. The van der Waals surface area contributed by atoms with Gasteiger partial charge in [-0.2, -0.15) is 0 Å². The predicted octanol–water partition coefficient (Wildman–Crippen LogP) is 4.79. The highest BCUT2D eigenvalue weighted by Crippen LogP contribution is 2.25. The van der Waals surface area contributed by atoms with Crippen LogP contribution in [0.4, 0.5) is 0 Å². The summed E-state index contributed by atoms with van der Waals surface area (Å²) >= 11 is 0. The van der Waals surface area contributed by atoms with E-state index >= 15 is 0 Å². The van der Waals surface area contributed by atoms with Crippen LogP contribution in [0.3, 0.4) is 0 Å². The monoisotopic (exact) mass is 320 g/mol. The highest BCUT2D eigenvalue weighted by atomic mass is 16.5. The molecule has 23 heavy (non-hydrogen) atoms. The summed E-state index contributed by atoms with van der Waals surface area (Å²) < 4.78 is 5.32. The lowest BCUT2D eigenvalue weighted by Gasteiger charge is -2.11. The van der Waals surface area contributed by atoms with E-state index in [0.29, 0.717) is 5.56 Å². The molecular formula is C19H28O4. The van der Waals surface area contributed by atoms with Gasteiger partial charge in [-0.3, -0.25) is 0 Å². The van der Waals surface area contributed by atoms with Gasteiger partial charge in [-0.15, -0.1) is 0 Å². The lowest BCUT2D eigenvalue weighted by Crippen LogP contribution is -2.12. The van der Waals surface area contributed by atoms with E-state index in [0.717, 1.165) is 12.8 Å². The van der Waals surface area contributed by atoms with E-state index in [2.05, 4.69) is 6.92 Å². The SMILES string of the molecule is CCCCCCCCC(C)OC(=O)C=Cc1ccc(O)c(O)c1. The molecule has 0 radical (unpaired) electrons. The van der Waals surface area contributed by atoms with Crippen molar-refractivity contribution in [1.82, 2.24) is 0 Å². The average molecular weight is 320 g/mol. The third kappa shape index (κ3) is 8.29. The van der Waals surface area contributed by atoms with Crippen molar-refractivity contribution in [2.24, 2.45) is 0 Å². The third-order valence-electron chi connectivity index (χ3n) is 3.69. The van der Waals surface area contributed by atoms with E-state index in [9.17, 15) is 15.0 Å². The van der Waals surface area contributed by atoms with E-state index in [1.165, 1.54) is 50.3 Å². The Morgan fingerprint density at radius 2 is 1.83 bits per heavy atom. The van der Waals surface area contributed by atoms with Crippen molar-refractivity contribution in [2.45, 2.75) is 64.9 Å². The number of rotatable bonds is 10. The fraction of sp³-hybridized carbons (Fsp3) is 0.526. The lowest BCUT2D eigenvalue weighted by atomic mass is 10.1. The molecule has 1 unspecified atom stereocenters. The van der Waals surface area contributed by atoms with Gasteiger partial charge in [0.15, 0.2) is 11.5 Å². The molecule has 0 aliphatic rings. The van der Waals surface area contributed by atoms with Crippen molar-refractivity contribution >= 4 is 12.0 Å². The molecule has 1 rings (SSSR count). The minimum atomic E-state index is -0.393. The van der Waals surface area contributed by atoms with Crippen molar-refractivity contribution in [1.29, 1.82) is 0 Å². The summed E-state index contributed by atoms with van der Waals surface area (Å²) in [5.41, 5.74) is 0.626. The zero-order valence-corrected chi connectivity index (χ0v) is 14.1. The summed E-state index contributed by atoms with van der Waals surface area (Å²) in [6, 6.07) is 4.37. The summed E-state index contributed by atoms with van der Waals surface area (Å²) in [6.45, 7) is 4.11. The number of carbonyl (C=O) groups excluding carboxylic acids is 1. The Bertz CT molecular complexity index is 508. The maximum Gasteiger partial charge on any atom is 0.331 e. The molecule has 0 fully saturated rings. The number of phenols is 2. The third-order valence-corrected chi connectivity index (χ3v) is 3.69. The minimum absolute atomic E-state index is 0.0912. The van der Waals surface area contributed by atoms with Gasteiger partial charge in [0.05, 0.1) is 6.10 Å². The Kier molecular flexibility index (Phi) is 8.88. The molecule has 0 bridgehead atoms. The molecule has 0 heterocycles. The van der Waals surface area contributed by atoms with Gasteiger partial charge in [0.2, 0.25) is 0 Å². The van der Waals surface area contributed by atoms with Crippen LogP contribution < -0.4 is 0 Å². The van der Waals surface area contributed by atoms with E-state index in [-0.39, 0.29) is 17.6 Å². The van der Waals surface area contributed by atoms with Crippen molar-refractivity contribution < 1.29 is 19.7 Å². The lowest BCUT2D eigenvalue weighted by molar-refractivity contribution is -0.142. The van der Waals surface area contributed by atoms with Crippen molar-refractivity contribution in [3.63, 3.8) is 0 Å². The summed E-state index contributed by atoms with van der Waals surface area (Å²) in [6.07, 6.45) is 11.0. The zero-order valence-electron chi connectivity index (χ0n) is 14.1. The number of hydrogen-bond acceptors (Lipinski definition) is 4. The molecule has 0 saturated carbocycles. The first-order valence-corrected chi connectivity index (χ1v) is 8.43. The standard InChI is InChI=1S/C19H28O4/c1-3-4-5-6-7-8-9-15(2)23-19(22)13-11-16-10-12-17(20)18(21)14-16/h10-15,20-21H,3-9H2,1-2H3. The Hall–Kier alpha value is -1.97. The van der Waals surface area contributed by atoms with Gasteiger partial charge >= 0.3 is 5.97 Å². The molecular weight excluding hydrogens is 292 g/mol. The van der Waals surface area contributed by atoms with E-state index in [1.54, 1.807) is 12.1 Å². The second-order valence-corrected chi connectivity index (χ2v) is 5.89. The number of esters is 1. The molecule has 128 valence electrons. The fourth-order valence-corrected chi connectivity index (χ4v) is 2.32. The normalized spacial score (nSPS) is 12.4. The second-order valence-electron chi connectivity index (χ2n) is 5.89. The molecule has 1 aromatic rings.